The Hall–Kier alpha value is -1.13. The van der Waals surface area contributed by atoms with Gasteiger partial charge in [-0.25, -0.2) is 4.39 Å². The van der Waals surface area contributed by atoms with E-state index in [4.69, 9.17) is 10.8 Å². The molecule has 4 heteroatoms. The Morgan fingerprint density at radius 3 is 2.47 bits per heavy atom. The predicted molar refractivity (Wildman–Crippen MR) is 68.6 cm³/mol. The van der Waals surface area contributed by atoms with Crippen molar-refractivity contribution in [1.29, 1.82) is 0 Å². The van der Waals surface area contributed by atoms with Crippen molar-refractivity contribution in [3.05, 3.63) is 30.1 Å². The average Bonchev–Trinajstić information content (AvgIpc) is 2.29. The molecule has 1 aromatic carbocycles. The third-order valence-corrected chi connectivity index (χ3v) is 2.87. The SMILES string of the molecule is CN(CCCC(C)(N)CO)c1ccc(F)cc1. The number of aliphatic hydroxyl groups excluding tert-OH is 1. The molecule has 1 aromatic rings. The highest BCUT2D eigenvalue weighted by molar-refractivity contribution is 5.45. The Labute approximate surface area is 102 Å². The van der Waals surface area contributed by atoms with Crippen molar-refractivity contribution < 1.29 is 9.50 Å². The van der Waals surface area contributed by atoms with Crippen molar-refractivity contribution in [2.24, 2.45) is 5.73 Å². The number of anilines is 1. The van der Waals surface area contributed by atoms with E-state index in [1.54, 1.807) is 12.1 Å². The summed E-state index contributed by atoms with van der Waals surface area (Å²) in [7, 11) is 1.96. The van der Waals surface area contributed by atoms with E-state index in [0.29, 0.717) is 0 Å². The Bertz CT molecular complexity index is 338. The molecule has 0 saturated heterocycles. The van der Waals surface area contributed by atoms with Gasteiger partial charge in [0.1, 0.15) is 5.82 Å². The summed E-state index contributed by atoms with van der Waals surface area (Å²) in [6.07, 6.45) is 1.65. The van der Waals surface area contributed by atoms with E-state index in [1.807, 2.05) is 18.9 Å². The van der Waals surface area contributed by atoms with Crippen LogP contribution in [0.25, 0.3) is 0 Å². The van der Waals surface area contributed by atoms with E-state index in [-0.39, 0.29) is 12.4 Å². The van der Waals surface area contributed by atoms with Crippen LogP contribution >= 0.6 is 0 Å². The van der Waals surface area contributed by atoms with Crippen LogP contribution in [0, 0.1) is 5.82 Å². The van der Waals surface area contributed by atoms with Crippen molar-refractivity contribution in [3.8, 4) is 0 Å². The third-order valence-electron chi connectivity index (χ3n) is 2.87. The largest absolute Gasteiger partial charge is 0.394 e. The molecule has 0 aliphatic carbocycles. The van der Waals surface area contributed by atoms with E-state index in [2.05, 4.69) is 0 Å². The molecule has 17 heavy (non-hydrogen) atoms. The van der Waals surface area contributed by atoms with Gasteiger partial charge in [-0.05, 0) is 44.0 Å². The van der Waals surface area contributed by atoms with Gasteiger partial charge in [0.05, 0.1) is 6.61 Å². The zero-order valence-corrected chi connectivity index (χ0v) is 10.5. The lowest BCUT2D eigenvalue weighted by Gasteiger charge is -2.24. The molecule has 0 aromatic heterocycles. The molecule has 0 aliphatic rings. The first kappa shape index (κ1) is 13.9. The number of hydrogen-bond acceptors (Lipinski definition) is 3. The standard InChI is InChI=1S/C13H21FN2O/c1-13(15,10-17)8-3-9-16(2)12-6-4-11(14)5-7-12/h4-7,17H,3,8-10,15H2,1-2H3. The lowest BCUT2D eigenvalue weighted by molar-refractivity contribution is 0.199. The number of aliphatic hydroxyl groups is 1. The smallest absolute Gasteiger partial charge is 0.123 e. The highest BCUT2D eigenvalue weighted by Gasteiger charge is 2.16. The van der Waals surface area contributed by atoms with Crippen LogP contribution in [0.4, 0.5) is 10.1 Å². The molecule has 1 rings (SSSR count). The van der Waals surface area contributed by atoms with Gasteiger partial charge in [0.15, 0.2) is 0 Å². The first-order valence-corrected chi connectivity index (χ1v) is 5.81. The molecule has 3 N–H and O–H groups in total. The second kappa shape index (κ2) is 5.98. The predicted octanol–water partition coefficient (Wildman–Crippen LogP) is 1.75. The Morgan fingerprint density at radius 1 is 1.35 bits per heavy atom. The quantitative estimate of drug-likeness (QED) is 0.796. The molecule has 0 saturated carbocycles. The van der Waals surface area contributed by atoms with Gasteiger partial charge in [0, 0.05) is 24.8 Å². The first-order valence-electron chi connectivity index (χ1n) is 5.81. The number of halogens is 1. The minimum Gasteiger partial charge on any atom is -0.394 e. The summed E-state index contributed by atoms with van der Waals surface area (Å²) in [4.78, 5) is 2.05. The average molecular weight is 240 g/mol. The summed E-state index contributed by atoms with van der Waals surface area (Å²) >= 11 is 0. The Kier molecular flexibility index (Phi) is 4.90. The van der Waals surface area contributed by atoms with E-state index >= 15 is 0 Å². The normalized spacial score (nSPS) is 14.4. The Morgan fingerprint density at radius 2 is 1.94 bits per heavy atom. The highest BCUT2D eigenvalue weighted by atomic mass is 19.1. The summed E-state index contributed by atoms with van der Waals surface area (Å²) in [5.41, 5.74) is 6.31. The fraction of sp³-hybridized carbons (Fsp3) is 0.538. The van der Waals surface area contributed by atoms with Gasteiger partial charge in [-0.2, -0.15) is 0 Å². The van der Waals surface area contributed by atoms with E-state index in [0.717, 1.165) is 25.1 Å². The molecule has 0 heterocycles. The number of benzene rings is 1. The van der Waals surface area contributed by atoms with Crippen molar-refractivity contribution >= 4 is 5.69 Å². The maximum Gasteiger partial charge on any atom is 0.123 e. The maximum absolute atomic E-state index is 12.7. The van der Waals surface area contributed by atoms with Gasteiger partial charge in [0.25, 0.3) is 0 Å². The monoisotopic (exact) mass is 240 g/mol. The Balaban J connectivity index is 2.40. The summed E-state index contributed by atoms with van der Waals surface area (Å²) < 4.78 is 12.7. The molecule has 0 fully saturated rings. The lowest BCUT2D eigenvalue weighted by atomic mass is 9.98. The second-order valence-electron chi connectivity index (χ2n) is 4.81. The minimum atomic E-state index is -0.510. The molecule has 0 bridgehead atoms. The van der Waals surface area contributed by atoms with Crippen molar-refractivity contribution in [1.82, 2.24) is 0 Å². The van der Waals surface area contributed by atoms with E-state index in [9.17, 15) is 4.39 Å². The van der Waals surface area contributed by atoms with Crippen molar-refractivity contribution in [2.75, 3.05) is 25.1 Å². The third kappa shape index (κ3) is 4.71. The van der Waals surface area contributed by atoms with Crippen molar-refractivity contribution in [2.45, 2.75) is 25.3 Å². The lowest BCUT2D eigenvalue weighted by Crippen LogP contribution is -2.40. The molecule has 1 unspecified atom stereocenters. The molecule has 0 spiro atoms. The molecular weight excluding hydrogens is 219 g/mol. The topological polar surface area (TPSA) is 49.5 Å². The molecule has 0 amide bonds. The van der Waals surface area contributed by atoms with Crippen LogP contribution in [0.2, 0.25) is 0 Å². The fourth-order valence-corrected chi connectivity index (χ4v) is 1.62. The van der Waals surface area contributed by atoms with Crippen LogP contribution < -0.4 is 10.6 Å². The number of nitrogens with zero attached hydrogens (tertiary/aromatic N) is 1. The zero-order valence-electron chi connectivity index (χ0n) is 10.5. The van der Waals surface area contributed by atoms with Crippen LogP contribution in [-0.4, -0.2) is 30.8 Å². The van der Waals surface area contributed by atoms with Crippen LogP contribution in [-0.2, 0) is 0 Å². The van der Waals surface area contributed by atoms with Gasteiger partial charge in [0.2, 0.25) is 0 Å². The molecule has 1 atom stereocenters. The second-order valence-corrected chi connectivity index (χ2v) is 4.81. The van der Waals surface area contributed by atoms with Crippen LogP contribution in [0.5, 0.6) is 0 Å². The first-order chi connectivity index (χ1) is 7.94. The number of hydrogen-bond donors (Lipinski definition) is 2. The maximum atomic E-state index is 12.7. The molecule has 0 aliphatic heterocycles. The van der Waals surface area contributed by atoms with Gasteiger partial charge >= 0.3 is 0 Å². The van der Waals surface area contributed by atoms with Crippen LogP contribution in [0.15, 0.2) is 24.3 Å². The van der Waals surface area contributed by atoms with Gasteiger partial charge in [-0.3, -0.25) is 0 Å². The number of rotatable bonds is 6. The van der Waals surface area contributed by atoms with Gasteiger partial charge in [-0.15, -0.1) is 0 Å². The van der Waals surface area contributed by atoms with Crippen LogP contribution in [0.1, 0.15) is 19.8 Å². The van der Waals surface area contributed by atoms with Crippen LogP contribution in [0.3, 0.4) is 0 Å². The zero-order chi connectivity index (χ0) is 12.9. The van der Waals surface area contributed by atoms with Gasteiger partial charge in [-0.1, -0.05) is 0 Å². The molecule has 0 radical (unpaired) electrons. The van der Waals surface area contributed by atoms with Gasteiger partial charge < -0.3 is 15.7 Å². The van der Waals surface area contributed by atoms with E-state index < -0.39 is 5.54 Å². The molecule has 3 nitrogen and oxygen atoms in total. The highest BCUT2D eigenvalue weighted by Crippen LogP contribution is 2.15. The fourth-order valence-electron chi connectivity index (χ4n) is 1.62. The summed E-state index contributed by atoms with van der Waals surface area (Å²) in [6.45, 7) is 2.66. The minimum absolute atomic E-state index is 0.00668. The summed E-state index contributed by atoms with van der Waals surface area (Å²) in [5, 5.41) is 9.03. The number of nitrogens with two attached hydrogens (primary N) is 1. The van der Waals surface area contributed by atoms with E-state index in [1.165, 1.54) is 12.1 Å². The molecular formula is C13H21FN2O. The molecule has 96 valence electrons. The van der Waals surface area contributed by atoms with Crippen molar-refractivity contribution in [3.63, 3.8) is 0 Å². The summed E-state index contributed by atoms with van der Waals surface area (Å²) in [6, 6.07) is 6.41. The summed E-state index contributed by atoms with van der Waals surface area (Å²) in [5.74, 6) is -0.225.